The van der Waals surface area contributed by atoms with Gasteiger partial charge in [0.2, 0.25) is 0 Å². The monoisotopic (exact) mass is 243 g/mol. The maximum atomic E-state index is 6.01. The van der Waals surface area contributed by atoms with E-state index in [-0.39, 0.29) is 6.54 Å². The highest BCUT2D eigenvalue weighted by Crippen LogP contribution is 2.27. The van der Waals surface area contributed by atoms with Gasteiger partial charge in [0.1, 0.15) is 5.69 Å². The van der Waals surface area contributed by atoms with E-state index in [2.05, 4.69) is 15.5 Å². The van der Waals surface area contributed by atoms with Gasteiger partial charge in [0.15, 0.2) is 5.82 Å². The lowest BCUT2D eigenvalue weighted by molar-refractivity contribution is 0.762. The Morgan fingerprint density at radius 1 is 1.27 bits per heavy atom. The second-order valence-electron chi connectivity index (χ2n) is 2.78. The van der Waals surface area contributed by atoms with Crippen molar-refractivity contribution in [1.82, 2.24) is 20.2 Å². The Balaban J connectivity index is 2.63. The second kappa shape index (κ2) is 4.14. The highest BCUT2D eigenvalue weighted by atomic mass is 35.5. The van der Waals surface area contributed by atoms with Gasteiger partial charge in [-0.2, -0.15) is 4.68 Å². The molecule has 2 rings (SSSR count). The summed E-state index contributed by atoms with van der Waals surface area (Å²) >= 11 is 12.0. The summed E-state index contributed by atoms with van der Waals surface area (Å²) in [6, 6.07) is 5.18. The van der Waals surface area contributed by atoms with E-state index in [1.165, 1.54) is 4.68 Å². The molecule has 0 saturated carbocycles. The summed E-state index contributed by atoms with van der Waals surface area (Å²) in [6.07, 6.45) is 0. The van der Waals surface area contributed by atoms with Crippen molar-refractivity contribution in [3.05, 3.63) is 34.1 Å². The van der Waals surface area contributed by atoms with Gasteiger partial charge >= 0.3 is 0 Å². The predicted molar refractivity (Wildman–Crippen MR) is 57.1 cm³/mol. The molecule has 15 heavy (non-hydrogen) atoms. The molecule has 0 radical (unpaired) electrons. The summed E-state index contributed by atoms with van der Waals surface area (Å²) in [6.45, 7) is 0.217. The average molecular weight is 244 g/mol. The van der Waals surface area contributed by atoms with Gasteiger partial charge < -0.3 is 5.73 Å². The molecule has 1 aromatic carbocycles. The highest BCUT2D eigenvalue weighted by molar-refractivity contribution is 6.37. The van der Waals surface area contributed by atoms with Crippen LogP contribution in [0.15, 0.2) is 18.2 Å². The van der Waals surface area contributed by atoms with Gasteiger partial charge in [-0.15, -0.1) is 5.10 Å². The fraction of sp³-hybridized carbons (Fsp3) is 0.125. The number of hydrogen-bond acceptors (Lipinski definition) is 4. The standard InChI is InChI=1S/C8H7Cl2N5/c9-5-2-1-3-6(10)8(5)15-7(4-11)12-13-14-15/h1-3H,4,11H2. The van der Waals surface area contributed by atoms with Crippen LogP contribution in [-0.2, 0) is 6.54 Å². The van der Waals surface area contributed by atoms with Gasteiger partial charge in [-0.1, -0.05) is 29.3 Å². The fourth-order valence-electron chi connectivity index (χ4n) is 1.20. The molecule has 0 aliphatic carbocycles. The van der Waals surface area contributed by atoms with Crippen LogP contribution >= 0.6 is 23.2 Å². The first-order valence-electron chi connectivity index (χ1n) is 4.15. The Kier molecular flexibility index (Phi) is 2.86. The maximum Gasteiger partial charge on any atom is 0.170 e. The van der Waals surface area contributed by atoms with E-state index >= 15 is 0 Å². The first kappa shape index (κ1) is 10.4. The van der Waals surface area contributed by atoms with Gasteiger partial charge in [0.05, 0.1) is 16.6 Å². The molecule has 0 spiro atoms. The maximum absolute atomic E-state index is 6.01. The van der Waals surface area contributed by atoms with Crippen molar-refractivity contribution in [1.29, 1.82) is 0 Å². The number of hydrogen-bond donors (Lipinski definition) is 1. The lowest BCUT2D eigenvalue weighted by atomic mass is 10.3. The number of nitrogens with zero attached hydrogens (tertiary/aromatic N) is 4. The normalized spacial score (nSPS) is 10.6. The van der Waals surface area contributed by atoms with Crippen molar-refractivity contribution >= 4 is 23.2 Å². The van der Waals surface area contributed by atoms with E-state index in [1.807, 2.05) is 0 Å². The summed E-state index contributed by atoms with van der Waals surface area (Å²) < 4.78 is 1.44. The highest BCUT2D eigenvalue weighted by Gasteiger charge is 2.13. The number of halogens is 2. The molecule has 0 aliphatic rings. The predicted octanol–water partition coefficient (Wildman–Crippen LogP) is 1.43. The molecule has 0 fully saturated rings. The number of aromatic nitrogens is 4. The zero-order valence-corrected chi connectivity index (χ0v) is 9.07. The molecule has 0 unspecified atom stereocenters. The molecular weight excluding hydrogens is 237 g/mol. The SMILES string of the molecule is NCc1nnnn1-c1c(Cl)cccc1Cl. The van der Waals surface area contributed by atoms with E-state index < -0.39 is 0 Å². The number of nitrogens with two attached hydrogens (primary N) is 1. The largest absolute Gasteiger partial charge is 0.324 e. The van der Waals surface area contributed by atoms with Crippen LogP contribution in [0.4, 0.5) is 0 Å². The summed E-state index contributed by atoms with van der Waals surface area (Å²) in [5.74, 6) is 0.505. The van der Waals surface area contributed by atoms with E-state index in [9.17, 15) is 0 Å². The molecule has 0 atom stereocenters. The van der Waals surface area contributed by atoms with Crippen LogP contribution in [0.25, 0.3) is 5.69 Å². The molecule has 78 valence electrons. The summed E-state index contributed by atoms with van der Waals surface area (Å²) in [5, 5.41) is 12.0. The van der Waals surface area contributed by atoms with Crippen molar-refractivity contribution < 1.29 is 0 Å². The van der Waals surface area contributed by atoms with Crippen LogP contribution < -0.4 is 5.73 Å². The molecule has 0 bridgehead atoms. The van der Waals surface area contributed by atoms with Crippen LogP contribution in [0.5, 0.6) is 0 Å². The molecular formula is C8H7Cl2N5. The van der Waals surface area contributed by atoms with Gasteiger partial charge in [-0.05, 0) is 22.6 Å². The molecule has 0 aliphatic heterocycles. The lowest BCUT2D eigenvalue weighted by Gasteiger charge is -2.06. The zero-order chi connectivity index (χ0) is 10.8. The van der Waals surface area contributed by atoms with Crippen molar-refractivity contribution in [2.45, 2.75) is 6.54 Å². The summed E-state index contributed by atoms with van der Waals surface area (Å²) in [7, 11) is 0. The average Bonchev–Trinajstić information content (AvgIpc) is 2.65. The number of para-hydroxylation sites is 1. The van der Waals surface area contributed by atoms with Gasteiger partial charge in [0.25, 0.3) is 0 Å². The summed E-state index contributed by atoms with van der Waals surface area (Å²) in [5.41, 5.74) is 6.03. The van der Waals surface area contributed by atoms with E-state index in [1.54, 1.807) is 18.2 Å². The topological polar surface area (TPSA) is 69.6 Å². The fourth-order valence-corrected chi connectivity index (χ4v) is 1.76. The molecule has 1 heterocycles. The van der Waals surface area contributed by atoms with E-state index in [4.69, 9.17) is 28.9 Å². The quantitative estimate of drug-likeness (QED) is 0.867. The third-order valence-electron chi connectivity index (χ3n) is 1.87. The molecule has 2 aromatic rings. The minimum Gasteiger partial charge on any atom is -0.324 e. The van der Waals surface area contributed by atoms with Gasteiger partial charge in [-0.25, -0.2) is 0 Å². The molecule has 1 aromatic heterocycles. The minimum atomic E-state index is 0.217. The Morgan fingerprint density at radius 3 is 2.53 bits per heavy atom. The van der Waals surface area contributed by atoms with Crippen LogP contribution in [-0.4, -0.2) is 20.2 Å². The second-order valence-corrected chi connectivity index (χ2v) is 3.60. The van der Waals surface area contributed by atoms with Crippen LogP contribution in [0, 0.1) is 0 Å². The third-order valence-corrected chi connectivity index (χ3v) is 2.48. The first-order chi connectivity index (χ1) is 7.24. The van der Waals surface area contributed by atoms with E-state index in [0.29, 0.717) is 21.6 Å². The van der Waals surface area contributed by atoms with E-state index in [0.717, 1.165) is 0 Å². The molecule has 0 saturated heterocycles. The Bertz CT molecular complexity index is 461. The smallest absolute Gasteiger partial charge is 0.170 e. The Hall–Kier alpha value is -1.17. The molecule has 2 N–H and O–H groups in total. The Morgan fingerprint density at radius 2 is 1.93 bits per heavy atom. The number of rotatable bonds is 2. The van der Waals surface area contributed by atoms with Gasteiger partial charge in [-0.3, -0.25) is 0 Å². The third kappa shape index (κ3) is 1.81. The first-order valence-corrected chi connectivity index (χ1v) is 4.91. The van der Waals surface area contributed by atoms with Crippen molar-refractivity contribution in [3.8, 4) is 5.69 Å². The van der Waals surface area contributed by atoms with Crippen molar-refractivity contribution in [3.63, 3.8) is 0 Å². The lowest BCUT2D eigenvalue weighted by Crippen LogP contribution is -2.08. The Labute approximate surface area is 95.8 Å². The van der Waals surface area contributed by atoms with Gasteiger partial charge in [0, 0.05) is 0 Å². The molecule has 7 heteroatoms. The minimum absolute atomic E-state index is 0.217. The molecule has 5 nitrogen and oxygen atoms in total. The summed E-state index contributed by atoms with van der Waals surface area (Å²) in [4.78, 5) is 0. The number of tetrazole rings is 1. The zero-order valence-electron chi connectivity index (χ0n) is 7.56. The molecule has 0 amide bonds. The van der Waals surface area contributed by atoms with Crippen LogP contribution in [0.3, 0.4) is 0 Å². The number of benzene rings is 1. The van der Waals surface area contributed by atoms with Crippen LogP contribution in [0.2, 0.25) is 10.0 Å². The van der Waals surface area contributed by atoms with Crippen LogP contribution in [0.1, 0.15) is 5.82 Å². The van der Waals surface area contributed by atoms with Crippen molar-refractivity contribution in [2.75, 3.05) is 0 Å². The van der Waals surface area contributed by atoms with Crippen molar-refractivity contribution in [2.24, 2.45) is 5.73 Å².